The van der Waals surface area contributed by atoms with E-state index in [2.05, 4.69) is 35.2 Å². The molecule has 0 aliphatic carbocycles. The largest absolute Gasteiger partial charge is 0.311 e. The number of benzene rings is 2. The highest BCUT2D eigenvalue weighted by Crippen LogP contribution is 2.43. The zero-order valence-electron chi connectivity index (χ0n) is 13.3. The predicted molar refractivity (Wildman–Crippen MR) is 92.2 cm³/mol. The summed E-state index contributed by atoms with van der Waals surface area (Å²) < 4.78 is 0. The number of nitrogens with zero attached hydrogens (tertiary/aromatic N) is 2. The van der Waals surface area contributed by atoms with E-state index >= 15 is 0 Å². The zero-order chi connectivity index (χ0) is 15.7. The summed E-state index contributed by atoms with van der Waals surface area (Å²) in [6, 6.07) is 20.6. The van der Waals surface area contributed by atoms with E-state index in [4.69, 9.17) is 0 Å². The van der Waals surface area contributed by atoms with Gasteiger partial charge in [0.05, 0.1) is 5.41 Å². The van der Waals surface area contributed by atoms with Gasteiger partial charge in [-0.3, -0.25) is 9.69 Å². The number of hydrogen-bond acceptors (Lipinski definition) is 2. The molecule has 2 fully saturated rings. The fraction of sp³-hybridized carbons (Fsp3) is 0.350. The van der Waals surface area contributed by atoms with Crippen LogP contribution in [0.4, 0.5) is 5.69 Å². The number of likely N-dealkylation sites (tertiary alicyclic amines) is 1. The second-order valence-corrected chi connectivity index (χ2v) is 6.77. The van der Waals surface area contributed by atoms with E-state index in [1.807, 2.05) is 35.2 Å². The maximum absolute atomic E-state index is 12.7. The van der Waals surface area contributed by atoms with Crippen LogP contribution in [0.25, 0.3) is 0 Å². The van der Waals surface area contributed by atoms with E-state index < -0.39 is 0 Å². The number of rotatable bonds is 3. The first-order valence-electron chi connectivity index (χ1n) is 8.40. The van der Waals surface area contributed by atoms with Crippen LogP contribution in [0.15, 0.2) is 60.7 Å². The van der Waals surface area contributed by atoms with Crippen molar-refractivity contribution in [1.82, 2.24) is 4.90 Å². The molecule has 2 saturated heterocycles. The Morgan fingerprint density at radius 2 is 1.48 bits per heavy atom. The van der Waals surface area contributed by atoms with Crippen molar-refractivity contribution >= 4 is 11.6 Å². The molecule has 3 nitrogen and oxygen atoms in total. The fourth-order valence-corrected chi connectivity index (χ4v) is 3.81. The molecule has 4 rings (SSSR count). The van der Waals surface area contributed by atoms with Crippen LogP contribution in [0, 0.1) is 5.41 Å². The van der Waals surface area contributed by atoms with Gasteiger partial charge in [-0.1, -0.05) is 48.5 Å². The third-order valence-corrected chi connectivity index (χ3v) is 5.29. The van der Waals surface area contributed by atoms with Gasteiger partial charge in [-0.05, 0) is 43.6 Å². The average molecular weight is 306 g/mol. The Labute approximate surface area is 137 Å². The van der Waals surface area contributed by atoms with Gasteiger partial charge in [-0.25, -0.2) is 0 Å². The maximum atomic E-state index is 12.7. The molecular weight excluding hydrogens is 284 g/mol. The molecule has 0 radical (unpaired) electrons. The third-order valence-electron chi connectivity index (χ3n) is 5.29. The lowest BCUT2D eigenvalue weighted by molar-refractivity contribution is -0.138. The summed E-state index contributed by atoms with van der Waals surface area (Å²) in [6.07, 6.45) is 1.98. The predicted octanol–water partition coefficient (Wildman–Crippen LogP) is 3.32. The molecular formula is C20H22N2O. The Morgan fingerprint density at radius 1 is 0.870 bits per heavy atom. The van der Waals surface area contributed by atoms with E-state index in [0.717, 1.165) is 44.7 Å². The summed E-state index contributed by atoms with van der Waals surface area (Å²) in [6.45, 7) is 3.91. The monoisotopic (exact) mass is 306 g/mol. The number of para-hydroxylation sites is 1. The van der Waals surface area contributed by atoms with Crippen molar-refractivity contribution in [3.05, 3.63) is 66.2 Å². The highest BCUT2D eigenvalue weighted by Gasteiger charge is 2.53. The molecule has 0 atom stereocenters. The second-order valence-electron chi connectivity index (χ2n) is 6.77. The van der Waals surface area contributed by atoms with Crippen LogP contribution in [-0.4, -0.2) is 30.4 Å². The SMILES string of the molecule is O=C1N(c2ccccc2)CC12CCN(Cc1ccccc1)CC2. The van der Waals surface area contributed by atoms with Crippen LogP contribution >= 0.6 is 0 Å². The number of amides is 1. The Bertz CT molecular complexity index is 675. The number of anilines is 1. The fourth-order valence-electron chi connectivity index (χ4n) is 3.81. The molecule has 0 bridgehead atoms. The Kier molecular flexibility index (Phi) is 3.66. The van der Waals surface area contributed by atoms with Crippen LogP contribution in [0.5, 0.6) is 0 Å². The van der Waals surface area contributed by atoms with Gasteiger partial charge < -0.3 is 4.90 Å². The zero-order valence-corrected chi connectivity index (χ0v) is 13.3. The van der Waals surface area contributed by atoms with Gasteiger partial charge in [0.1, 0.15) is 0 Å². The van der Waals surface area contributed by atoms with Crippen molar-refractivity contribution in [3.63, 3.8) is 0 Å². The van der Waals surface area contributed by atoms with Crippen molar-refractivity contribution in [2.45, 2.75) is 19.4 Å². The molecule has 1 spiro atoms. The lowest BCUT2D eigenvalue weighted by Crippen LogP contribution is -2.64. The number of carbonyl (C=O) groups excluding carboxylic acids is 1. The molecule has 0 N–H and O–H groups in total. The summed E-state index contributed by atoms with van der Waals surface area (Å²) in [4.78, 5) is 17.1. The molecule has 2 aromatic rings. The van der Waals surface area contributed by atoms with Crippen LogP contribution in [-0.2, 0) is 11.3 Å². The van der Waals surface area contributed by atoms with Gasteiger partial charge in [-0.15, -0.1) is 0 Å². The molecule has 118 valence electrons. The Balaban J connectivity index is 1.36. The summed E-state index contributed by atoms with van der Waals surface area (Å²) >= 11 is 0. The average Bonchev–Trinajstić information content (AvgIpc) is 2.62. The molecule has 1 amide bonds. The topological polar surface area (TPSA) is 23.6 Å². The van der Waals surface area contributed by atoms with Crippen LogP contribution < -0.4 is 4.90 Å². The number of β-lactam (4-membered cyclic amide) rings is 1. The molecule has 2 heterocycles. The Hall–Kier alpha value is -2.13. The lowest BCUT2D eigenvalue weighted by Gasteiger charge is -2.52. The number of hydrogen-bond donors (Lipinski definition) is 0. The first-order valence-corrected chi connectivity index (χ1v) is 8.40. The smallest absolute Gasteiger partial charge is 0.235 e. The summed E-state index contributed by atoms with van der Waals surface area (Å²) in [5, 5.41) is 0. The highest BCUT2D eigenvalue weighted by molar-refractivity contribution is 6.04. The first kappa shape index (κ1) is 14.5. The highest BCUT2D eigenvalue weighted by atomic mass is 16.2. The molecule has 0 saturated carbocycles. The van der Waals surface area contributed by atoms with Crippen molar-refractivity contribution in [2.75, 3.05) is 24.5 Å². The van der Waals surface area contributed by atoms with Gasteiger partial charge in [0.15, 0.2) is 0 Å². The quantitative estimate of drug-likeness (QED) is 0.812. The van der Waals surface area contributed by atoms with Crippen LogP contribution in [0.2, 0.25) is 0 Å². The molecule has 2 aliphatic rings. The van der Waals surface area contributed by atoms with Crippen molar-refractivity contribution in [3.8, 4) is 0 Å². The molecule has 0 unspecified atom stereocenters. The van der Waals surface area contributed by atoms with Crippen molar-refractivity contribution in [1.29, 1.82) is 0 Å². The van der Waals surface area contributed by atoms with Crippen molar-refractivity contribution < 1.29 is 4.79 Å². The van der Waals surface area contributed by atoms with Crippen molar-refractivity contribution in [2.24, 2.45) is 5.41 Å². The van der Waals surface area contributed by atoms with Crippen LogP contribution in [0.3, 0.4) is 0 Å². The minimum Gasteiger partial charge on any atom is -0.311 e. The third kappa shape index (κ3) is 2.66. The minimum atomic E-state index is -0.0942. The molecule has 3 heteroatoms. The van der Waals surface area contributed by atoms with E-state index in [9.17, 15) is 4.79 Å². The van der Waals surface area contributed by atoms with E-state index in [1.54, 1.807) is 0 Å². The number of piperidine rings is 1. The summed E-state index contributed by atoms with van der Waals surface area (Å²) in [5.41, 5.74) is 2.30. The van der Waals surface area contributed by atoms with E-state index in [1.165, 1.54) is 5.56 Å². The second kappa shape index (κ2) is 5.82. The van der Waals surface area contributed by atoms with Gasteiger partial charge >= 0.3 is 0 Å². The van der Waals surface area contributed by atoms with Gasteiger partial charge in [0.2, 0.25) is 5.91 Å². The molecule has 0 aromatic heterocycles. The van der Waals surface area contributed by atoms with Gasteiger partial charge in [0.25, 0.3) is 0 Å². The summed E-state index contributed by atoms with van der Waals surface area (Å²) in [5.74, 6) is 0.322. The Morgan fingerprint density at radius 3 is 2.09 bits per heavy atom. The minimum absolute atomic E-state index is 0.0942. The maximum Gasteiger partial charge on any atom is 0.235 e. The standard InChI is InChI=1S/C20H22N2O/c23-19-20(16-22(19)18-9-5-2-6-10-18)11-13-21(14-12-20)15-17-7-3-1-4-8-17/h1-10H,11-16H2. The number of carbonyl (C=O) groups is 1. The van der Waals surface area contributed by atoms with Gasteiger partial charge in [-0.2, -0.15) is 0 Å². The first-order chi connectivity index (χ1) is 11.3. The summed E-state index contributed by atoms with van der Waals surface area (Å²) in [7, 11) is 0. The van der Waals surface area contributed by atoms with E-state index in [-0.39, 0.29) is 5.41 Å². The molecule has 2 aromatic carbocycles. The van der Waals surface area contributed by atoms with Gasteiger partial charge in [0, 0.05) is 18.8 Å². The van der Waals surface area contributed by atoms with E-state index in [0.29, 0.717) is 5.91 Å². The lowest BCUT2D eigenvalue weighted by atomic mass is 9.70. The molecule has 23 heavy (non-hydrogen) atoms. The van der Waals surface area contributed by atoms with Crippen LogP contribution in [0.1, 0.15) is 18.4 Å². The molecule has 2 aliphatic heterocycles. The normalized spacial score (nSPS) is 20.5.